The van der Waals surface area contributed by atoms with Crippen LogP contribution in [-0.4, -0.2) is 40.3 Å². The molecule has 0 bridgehead atoms. The number of benzene rings is 1. The first-order chi connectivity index (χ1) is 14.3. The van der Waals surface area contributed by atoms with Crippen molar-refractivity contribution < 1.29 is 31.8 Å². The van der Waals surface area contributed by atoms with Crippen LogP contribution in [0.3, 0.4) is 0 Å². The highest BCUT2D eigenvalue weighted by atomic mass is 32.2. The molecule has 3 rings (SSSR count). The van der Waals surface area contributed by atoms with Crippen LogP contribution in [-0.2, 0) is 29.4 Å². The molecule has 0 saturated carbocycles. The Morgan fingerprint density at radius 1 is 1.26 bits per heavy atom. The molecule has 0 fully saturated rings. The zero-order valence-electron chi connectivity index (χ0n) is 16.5. The molecule has 0 aliphatic carbocycles. The monoisotopic (exact) mass is 456 g/mol. The number of aromatic nitrogens is 3. The number of halogens is 3. The molecule has 31 heavy (non-hydrogen) atoms. The van der Waals surface area contributed by atoms with E-state index in [1.165, 1.54) is 30.7 Å². The summed E-state index contributed by atoms with van der Waals surface area (Å²) in [7, 11) is 0. The van der Waals surface area contributed by atoms with Gasteiger partial charge in [-0.15, -0.1) is 0 Å². The molecule has 1 aromatic carbocycles. The van der Waals surface area contributed by atoms with Crippen LogP contribution < -0.4 is 5.32 Å². The number of hydrogen-bond acceptors (Lipinski definition) is 5. The number of carbonyl (C=O) groups excluding carboxylic acids is 1. The van der Waals surface area contributed by atoms with E-state index in [0.29, 0.717) is 10.9 Å². The Labute approximate surface area is 177 Å². The summed E-state index contributed by atoms with van der Waals surface area (Å²) in [5.41, 5.74) is -2.10. The molecule has 0 aliphatic heterocycles. The van der Waals surface area contributed by atoms with E-state index in [1.807, 2.05) is 0 Å². The molecule has 1 atom stereocenters. The summed E-state index contributed by atoms with van der Waals surface area (Å²) in [5, 5.41) is 17.9. The first kappa shape index (κ1) is 22.8. The van der Waals surface area contributed by atoms with E-state index in [9.17, 15) is 27.3 Å². The average molecular weight is 456 g/mol. The lowest BCUT2D eigenvalue weighted by molar-refractivity contribution is -0.141. The molecular weight excluding hydrogens is 437 g/mol. The van der Waals surface area contributed by atoms with E-state index in [2.05, 4.69) is 15.4 Å². The molecule has 0 aliphatic rings. The Hall–Kier alpha value is -2.83. The van der Waals surface area contributed by atoms with Crippen LogP contribution >= 0.6 is 0 Å². The van der Waals surface area contributed by atoms with Gasteiger partial charge in [0.05, 0.1) is 23.4 Å². The van der Waals surface area contributed by atoms with Crippen molar-refractivity contribution >= 4 is 33.6 Å². The number of anilines is 1. The van der Waals surface area contributed by atoms with Gasteiger partial charge in [-0.3, -0.25) is 9.48 Å². The second-order valence-electron chi connectivity index (χ2n) is 7.29. The van der Waals surface area contributed by atoms with E-state index in [4.69, 9.17) is 4.55 Å². The summed E-state index contributed by atoms with van der Waals surface area (Å²) in [6.07, 6.45) is -3.10. The highest BCUT2D eigenvalue weighted by molar-refractivity contribution is 7.79. The Kier molecular flexibility index (Phi) is 6.16. The standard InChI is InChI=1S/C19H19F3N4O4S/c1-18(2,28)12-9-14-11(10-26(25-14)6-7-31(29)30)8-15(12)24-17(27)13-4-3-5-16(23-13)19(20,21)22/h3-5,8-10,28H,6-7H2,1-2H3,(H,24,27)(H,29,30). The minimum Gasteiger partial charge on any atom is -0.386 e. The zero-order chi connectivity index (χ0) is 23.0. The summed E-state index contributed by atoms with van der Waals surface area (Å²) >= 11 is -1.99. The molecule has 0 saturated heterocycles. The minimum atomic E-state index is -4.69. The largest absolute Gasteiger partial charge is 0.433 e. The Balaban J connectivity index is 1.98. The van der Waals surface area contributed by atoms with Gasteiger partial charge in [0.15, 0.2) is 11.1 Å². The van der Waals surface area contributed by atoms with Crippen LogP contribution in [0.5, 0.6) is 0 Å². The van der Waals surface area contributed by atoms with Crippen molar-refractivity contribution in [3.05, 3.63) is 53.5 Å². The maximum absolute atomic E-state index is 12.9. The number of alkyl halides is 3. The highest BCUT2D eigenvalue weighted by Crippen LogP contribution is 2.32. The maximum Gasteiger partial charge on any atom is 0.433 e. The quantitative estimate of drug-likeness (QED) is 0.491. The van der Waals surface area contributed by atoms with Crippen molar-refractivity contribution in [1.82, 2.24) is 14.8 Å². The van der Waals surface area contributed by atoms with Gasteiger partial charge in [-0.25, -0.2) is 9.19 Å². The predicted molar refractivity (Wildman–Crippen MR) is 108 cm³/mol. The van der Waals surface area contributed by atoms with Crippen LogP contribution in [0.4, 0.5) is 18.9 Å². The maximum atomic E-state index is 12.9. The smallest absolute Gasteiger partial charge is 0.386 e. The number of nitrogens with one attached hydrogen (secondary N) is 1. The molecule has 1 unspecified atom stereocenters. The zero-order valence-corrected chi connectivity index (χ0v) is 17.3. The lowest BCUT2D eigenvalue weighted by Gasteiger charge is -2.22. The first-order valence-corrected chi connectivity index (χ1v) is 10.3. The van der Waals surface area contributed by atoms with E-state index >= 15 is 0 Å². The lowest BCUT2D eigenvalue weighted by Crippen LogP contribution is -2.22. The van der Waals surface area contributed by atoms with Crippen molar-refractivity contribution in [2.45, 2.75) is 32.2 Å². The number of pyridine rings is 1. The van der Waals surface area contributed by atoms with Crippen molar-refractivity contribution in [3.63, 3.8) is 0 Å². The van der Waals surface area contributed by atoms with Gasteiger partial charge < -0.3 is 15.0 Å². The molecule has 2 aromatic heterocycles. The number of hydrogen-bond donors (Lipinski definition) is 3. The fourth-order valence-electron chi connectivity index (χ4n) is 2.92. The van der Waals surface area contributed by atoms with Gasteiger partial charge >= 0.3 is 6.18 Å². The van der Waals surface area contributed by atoms with Crippen molar-refractivity contribution in [2.75, 3.05) is 11.1 Å². The molecule has 0 radical (unpaired) electrons. The molecule has 0 spiro atoms. The molecule has 3 aromatic rings. The molecule has 1 amide bonds. The van der Waals surface area contributed by atoms with Gasteiger partial charge in [-0.05, 0) is 38.1 Å². The molecule has 8 nitrogen and oxygen atoms in total. The van der Waals surface area contributed by atoms with Gasteiger partial charge in [0.1, 0.15) is 11.4 Å². The Morgan fingerprint density at radius 2 is 1.97 bits per heavy atom. The van der Waals surface area contributed by atoms with Gasteiger partial charge in [0.25, 0.3) is 5.91 Å². The van der Waals surface area contributed by atoms with E-state index in [1.54, 1.807) is 6.20 Å². The Bertz CT molecular complexity index is 1160. The normalized spacial score (nSPS) is 13.4. The predicted octanol–water partition coefficient (Wildman–Crippen LogP) is 3.15. The average Bonchev–Trinajstić information content (AvgIpc) is 3.06. The number of rotatable bonds is 6. The van der Waals surface area contributed by atoms with Crippen molar-refractivity contribution in [3.8, 4) is 0 Å². The Morgan fingerprint density at radius 3 is 2.58 bits per heavy atom. The van der Waals surface area contributed by atoms with Crippen molar-refractivity contribution in [1.29, 1.82) is 0 Å². The van der Waals surface area contributed by atoms with Gasteiger partial charge in [-0.1, -0.05) is 6.07 Å². The highest BCUT2D eigenvalue weighted by Gasteiger charge is 2.33. The third-order valence-electron chi connectivity index (χ3n) is 4.37. The third-order valence-corrected chi connectivity index (χ3v) is 4.90. The fourth-order valence-corrected chi connectivity index (χ4v) is 3.27. The van der Waals surface area contributed by atoms with Gasteiger partial charge in [0.2, 0.25) is 0 Å². The van der Waals surface area contributed by atoms with Crippen LogP contribution in [0.2, 0.25) is 0 Å². The van der Waals surface area contributed by atoms with E-state index in [-0.39, 0.29) is 23.5 Å². The molecule has 12 heteroatoms. The molecule has 166 valence electrons. The number of fused-ring (bicyclic) bond motifs is 1. The van der Waals surface area contributed by atoms with Crippen LogP contribution in [0, 0.1) is 0 Å². The van der Waals surface area contributed by atoms with E-state index < -0.39 is 40.2 Å². The number of carbonyl (C=O) groups is 1. The number of aryl methyl sites for hydroxylation is 1. The van der Waals surface area contributed by atoms with Gasteiger partial charge in [0, 0.05) is 22.8 Å². The number of nitrogens with zero attached hydrogens (tertiary/aromatic N) is 3. The molecule has 3 N–H and O–H groups in total. The van der Waals surface area contributed by atoms with Crippen LogP contribution in [0.15, 0.2) is 36.5 Å². The van der Waals surface area contributed by atoms with Crippen molar-refractivity contribution in [2.24, 2.45) is 0 Å². The summed E-state index contributed by atoms with van der Waals surface area (Å²) in [6, 6.07) is 6.06. The van der Waals surface area contributed by atoms with E-state index in [0.717, 1.165) is 18.2 Å². The second kappa shape index (κ2) is 8.36. The molecule has 2 heterocycles. The topological polar surface area (TPSA) is 117 Å². The van der Waals surface area contributed by atoms with Crippen LogP contribution in [0.25, 0.3) is 10.9 Å². The third kappa shape index (κ3) is 5.46. The SMILES string of the molecule is CC(C)(O)c1cc2nn(CCS(=O)O)cc2cc1NC(=O)c1cccc(C(F)(F)F)n1. The van der Waals surface area contributed by atoms with Gasteiger partial charge in [-0.2, -0.15) is 18.3 Å². The summed E-state index contributed by atoms with van der Waals surface area (Å²) < 4.78 is 60.0. The lowest BCUT2D eigenvalue weighted by atomic mass is 9.95. The second-order valence-corrected chi connectivity index (χ2v) is 8.34. The number of aliphatic hydroxyl groups is 1. The summed E-state index contributed by atoms with van der Waals surface area (Å²) in [4.78, 5) is 16.0. The first-order valence-electron chi connectivity index (χ1n) is 9.02. The number of amides is 1. The molecular formula is C19H19F3N4O4S. The summed E-state index contributed by atoms with van der Waals surface area (Å²) in [6.45, 7) is 3.14. The van der Waals surface area contributed by atoms with Crippen LogP contribution in [0.1, 0.15) is 35.6 Å². The summed E-state index contributed by atoms with van der Waals surface area (Å²) in [5.74, 6) is -0.907. The fraction of sp³-hybridized carbons (Fsp3) is 0.316. The minimum absolute atomic E-state index is 0.0306.